The number of benzene rings is 2. The van der Waals surface area contributed by atoms with E-state index in [4.69, 9.17) is 9.47 Å². The van der Waals surface area contributed by atoms with Crippen molar-refractivity contribution in [3.63, 3.8) is 0 Å². The van der Waals surface area contributed by atoms with Gasteiger partial charge in [0.25, 0.3) is 0 Å². The Morgan fingerprint density at radius 1 is 1.19 bits per heavy atom. The van der Waals surface area contributed by atoms with Gasteiger partial charge in [-0.25, -0.2) is 9.42 Å². The van der Waals surface area contributed by atoms with Crippen LogP contribution in [-0.4, -0.2) is 40.7 Å². The second-order valence-electron chi connectivity index (χ2n) is 5.01. The summed E-state index contributed by atoms with van der Waals surface area (Å²) in [6.45, 7) is 0.166. The fraction of sp³-hybridized carbons (Fsp3) is 0.188. The van der Waals surface area contributed by atoms with Gasteiger partial charge < -0.3 is 9.47 Å². The molecule has 0 atom stereocenters. The molecule has 0 saturated heterocycles. The van der Waals surface area contributed by atoms with Gasteiger partial charge in [-0.1, -0.05) is 0 Å². The van der Waals surface area contributed by atoms with E-state index in [-0.39, 0.29) is 17.8 Å². The number of nitrogens with zero attached hydrogens (tertiary/aromatic N) is 3. The Hall–Kier alpha value is -3.14. The number of nitro benzene ring substituents is 1. The molecule has 0 aliphatic carbocycles. The number of nitro groups is 1. The van der Waals surface area contributed by atoms with E-state index in [1.165, 1.54) is 17.8 Å². The van der Waals surface area contributed by atoms with E-state index in [0.717, 1.165) is 0 Å². The summed E-state index contributed by atoms with van der Waals surface area (Å²) in [5, 5.41) is 18.2. The summed E-state index contributed by atoms with van der Waals surface area (Å²) in [6, 6.07) is 9.51. The Labute approximate surface area is 151 Å². The van der Waals surface area contributed by atoms with Gasteiger partial charge in [0.05, 0.1) is 17.6 Å². The first-order valence-electron chi connectivity index (χ1n) is 7.44. The number of ether oxygens (including phenoxy) is 2. The van der Waals surface area contributed by atoms with Crippen molar-refractivity contribution in [2.75, 3.05) is 19.5 Å². The van der Waals surface area contributed by atoms with Crippen molar-refractivity contribution in [3.8, 4) is 5.75 Å². The van der Waals surface area contributed by atoms with Crippen molar-refractivity contribution in [3.05, 3.63) is 52.1 Å². The predicted octanol–water partition coefficient (Wildman–Crippen LogP) is 3.09. The molecule has 2 aromatic carbocycles. The van der Waals surface area contributed by atoms with Crippen LogP contribution in [0.15, 0.2) is 45.9 Å². The first-order valence-corrected chi connectivity index (χ1v) is 8.42. The number of hydrogen-bond acceptors (Lipinski definition) is 9. The quantitative estimate of drug-likeness (QED) is 0.202. The van der Waals surface area contributed by atoms with Crippen LogP contribution >= 0.6 is 11.8 Å². The molecule has 1 heterocycles. The molecule has 134 valence electrons. The van der Waals surface area contributed by atoms with Crippen molar-refractivity contribution >= 4 is 34.5 Å². The molecule has 26 heavy (non-hydrogen) atoms. The SMILES string of the molecule is COc1ccc(C(=O)OCCSc2ccc([N+](=O)[O-])c3nonc23)cc1. The molecular weight excluding hydrogens is 362 g/mol. The van der Waals surface area contributed by atoms with Crippen LogP contribution in [0.5, 0.6) is 5.75 Å². The Bertz CT molecular complexity index is 941. The van der Waals surface area contributed by atoms with Gasteiger partial charge in [-0.05, 0) is 40.6 Å². The fourth-order valence-corrected chi connectivity index (χ4v) is 3.01. The van der Waals surface area contributed by atoms with Crippen molar-refractivity contribution in [2.45, 2.75) is 4.90 Å². The summed E-state index contributed by atoms with van der Waals surface area (Å²) in [6.07, 6.45) is 0. The summed E-state index contributed by atoms with van der Waals surface area (Å²) in [5.74, 6) is 0.660. The molecule has 3 rings (SSSR count). The minimum absolute atomic E-state index is 0.0928. The van der Waals surface area contributed by atoms with Gasteiger partial charge >= 0.3 is 11.7 Å². The summed E-state index contributed by atoms with van der Waals surface area (Å²) in [4.78, 5) is 23.0. The highest BCUT2D eigenvalue weighted by Gasteiger charge is 2.19. The van der Waals surface area contributed by atoms with Gasteiger partial charge in [0, 0.05) is 16.7 Å². The molecule has 10 heteroatoms. The number of fused-ring (bicyclic) bond motifs is 1. The molecule has 1 aromatic heterocycles. The van der Waals surface area contributed by atoms with Crippen LogP contribution in [0.2, 0.25) is 0 Å². The van der Waals surface area contributed by atoms with Gasteiger partial charge in [0.1, 0.15) is 12.4 Å². The van der Waals surface area contributed by atoms with Gasteiger partial charge in [-0.2, -0.15) is 0 Å². The maximum Gasteiger partial charge on any atom is 0.338 e. The molecule has 3 aromatic rings. The van der Waals surface area contributed by atoms with E-state index < -0.39 is 10.9 Å². The zero-order valence-corrected chi connectivity index (χ0v) is 14.4. The molecule has 0 bridgehead atoms. The summed E-state index contributed by atoms with van der Waals surface area (Å²) >= 11 is 1.34. The van der Waals surface area contributed by atoms with Gasteiger partial charge in [0.2, 0.25) is 5.52 Å². The smallest absolute Gasteiger partial charge is 0.338 e. The zero-order chi connectivity index (χ0) is 18.5. The lowest BCUT2D eigenvalue weighted by Crippen LogP contribution is -2.07. The van der Waals surface area contributed by atoms with E-state index in [1.54, 1.807) is 37.4 Å². The first-order chi connectivity index (χ1) is 12.6. The Morgan fingerprint density at radius 2 is 1.92 bits per heavy atom. The summed E-state index contributed by atoms with van der Waals surface area (Å²) < 4.78 is 14.8. The molecular formula is C16H13N3O6S. The Kier molecular flexibility index (Phi) is 5.32. The van der Waals surface area contributed by atoms with Crippen molar-refractivity contribution < 1.29 is 23.8 Å². The normalized spacial score (nSPS) is 10.7. The highest BCUT2D eigenvalue weighted by Crippen LogP contribution is 2.31. The third-order valence-corrected chi connectivity index (χ3v) is 4.46. The first kappa shape index (κ1) is 17.7. The molecule has 0 fully saturated rings. The standard InChI is InChI=1S/C16H13N3O6S/c1-23-11-4-2-10(3-5-11)16(20)24-8-9-26-13-7-6-12(19(21)22)14-15(13)18-25-17-14/h2-7H,8-9H2,1H3. The molecule has 0 radical (unpaired) electrons. The number of methoxy groups -OCH3 is 1. The third-order valence-electron chi connectivity index (χ3n) is 3.45. The number of carbonyl (C=O) groups excluding carboxylic acids is 1. The number of rotatable bonds is 7. The fourth-order valence-electron chi connectivity index (χ4n) is 2.19. The van der Waals surface area contributed by atoms with Crippen LogP contribution in [0, 0.1) is 10.1 Å². The maximum atomic E-state index is 12.0. The maximum absolute atomic E-state index is 12.0. The van der Waals surface area contributed by atoms with Gasteiger partial charge in [0.15, 0.2) is 5.52 Å². The van der Waals surface area contributed by atoms with Crippen molar-refractivity contribution in [1.29, 1.82) is 0 Å². The van der Waals surface area contributed by atoms with E-state index in [2.05, 4.69) is 14.9 Å². The molecule has 0 saturated carbocycles. The number of aromatic nitrogens is 2. The average molecular weight is 375 g/mol. The monoisotopic (exact) mass is 375 g/mol. The second-order valence-corrected chi connectivity index (χ2v) is 6.15. The Morgan fingerprint density at radius 3 is 2.62 bits per heavy atom. The molecule has 0 aliphatic heterocycles. The molecule has 0 unspecified atom stereocenters. The van der Waals surface area contributed by atoms with Crippen LogP contribution < -0.4 is 4.74 Å². The minimum Gasteiger partial charge on any atom is -0.497 e. The third kappa shape index (κ3) is 3.75. The van der Waals surface area contributed by atoms with Crippen LogP contribution in [0.1, 0.15) is 10.4 Å². The van der Waals surface area contributed by atoms with E-state index >= 15 is 0 Å². The molecule has 0 aliphatic rings. The second kappa shape index (κ2) is 7.83. The number of thioether (sulfide) groups is 1. The topological polar surface area (TPSA) is 118 Å². The molecule has 0 N–H and O–H groups in total. The lowest BCUT2D eigenvalue weighted by molar-refractivity contribution is -0.383. The van der Waals surface area contributed by atoms with Gasteiger partial charge in [-0.15, -0.1) is 11.8 Å². The molecule has 9 nitrogen and oxygen atoms in total. The predicted molar refractivity (Wildman–Crippen MR) is 92.5 cm³/mol. The average Bonchev–Trinajstić information content (AvgIpc) is 3.14. The Balaban J connectivity index is 1.57. The highest BCUT2D eigenvalue weighted by atomic mass is 32.2. The van der Waals surface area contributed by atoms with E-state index in [1.807, 2.05) is 0 Å². The number of non-ortho nitro benzene ring substituents is 1. The summed E-state index contributed by atoms with van der Waals surface area (Å²) in [7, 11) is 1.55. The molecule has 0 amide bonds. The highest BCUT2D eigenvalue weighted by molar-refractivity contribution is 7.99. The largest absolute Gasteiger partial charge is 0.497 e. The number of hydrogen-bond donors (Lipinski definition) is 0. The van der Waals surface area contributed by atoms with Gasteiger partial charge in [-0.3, -0.25) is 10.1 Å². The van der Waals surface area contributed by atoms with Crippen molar-refractivity contribution in [2.24, 2.45) is 0 Å². The van der Waals surface area contributed by atoms with Crippen LogP contribution in [0.4, 0.5) is 5.69 Å². The van der Waals surface area contributed by atoms with E-state index in [0.29, 0.717) is 27.5 Å². The number of carbonyl (C=O) groups is 1. The number of esters is 1. The van der Waals surface area contributed by atoms with Crippen LogP contribution in [-0.2, 0) is 4.74 Å². The van der Waals surface area contributed by atoms with Crippen LogP contribution in [0.25, 0.3) is 11.0 Å². The van der Waals surface area contributed by atoms with Crippen molar-refractivity contribution in [1.82, 2.24) is 10.3 Å². The lowest BCUT2D eigenvalue weighted by Gasteiger charge is -2.06. The zero-order valence-electron chi connectivity index (χ0n) is 13.6. The molecule has 0 spiro atoms. The lowest BCUT2D eigenvalue weighted by atomic mass is 10.2. The minimum atomic E-state index is -0.544. The summed E-state index contributed by atoms with van der Waals surface area (Å²) in [5.41, 5.74) is 0.659. The van der Waals surface area contributed by atoms with E-state index in [9.17, 15) is 14.9 Å². The van der Waals surface area contributed by atoms with Crippen LogP contribution in [0.3, 0.4) is 0 Å².